The van der Waals surface area contributed by atoms with Crippen LogP contribution in [0.2, 0.25) is 0 Å². The van der Waals surface area contributed by atoms with Crippen LogP contribution in [0.25, 0.3) is 0 Å². The molecule has 2 rings (SSSR count). The van der Waals surface area contributed by atoms with Gasteiger partial charge in [0.1, 0.15) is 5.56 Å². The number of aromatic amines is 1. The Morgan fingerprint density at radius 3 is 2.95 bits per heavy atom. The SMILES string of the molecule is CCC1CCCC(NS(=O)(=O)c2[nH]ncc2C(=O)O)C1. The van der Waals surface area contributed by atoms with E-state index in [2.05, 4.69) is 21.8 Å². The average molecular weight is 301 g/mol. The minimum absolute atomic E-state index is 0.136. The van der Waals surface area contributed by atoms with Crippen molar-refractivity contribution in [2.24, 2.45) is 5.92 Å². The summed E-state index contributed by atoms with van der Waals surface area (Å²) in [6.07, 6.45) is 5.73. The monoisotopic (exact) mass is 301 g/mol. The van der Waals surface area contributed by atoms with E-state index in [0.29, 0.717) is 5.92 Å². The van der Waals surface area contributed by atoms with Gasteiger partial charge in [0.05, 0.1) is 6.20 Å². The molecule has 7 nitrogen and oxygen atoms in total. The molecule has 1 aromatic heterocycles. The van der Waals surface area contributed by atoms with Crippen molar-refractivity contribution in [1.82, 2.24) is 14.9 Å². The predicted molar refractivity (Wildman–Crippen MR) is 71.9 cm³/mol. The zero-order valence-electron chi connectivity index (χ0n) is 11.3. The van der Waals surface area contributed by atoms with Gasteiger partial charge >= 0.3 is 5.97 Å². The van der Waals surface area contributed by atoms with Crippen LogP contribution >= 0.6 is 0 Å². The maximum Gasteiger partial charge on any atom is 0.340 e. The van der Waals surface area contributed by atoms with Gasteiger partial charge in [-0.2, -0.15) is 5.10 Å². The van der Waals surface area contributed by atoms with Gasteiger partial charge in [-0.15, -0.1) is 0 Å². The first-order valence-electron chi connectivity index (χ1n) is 6.73. The van der Waals surface area contributed by atoms with Crippen LogP contribution < -0.4 is 4.72 Å². The van der Waals surface area contributed by atoms with E-state index in [0.717, 1.165) is 38.3 Å². The Morgan fingerprint density at radius 1 is 1.55 bits per heavy atom. The maximum atomic E-state index is 12.2. The maximum absolute atomic E-state index is 12.2. The molecule has 3 N–H and O–H groups in total. The molecule has 0 aliphatic heterocycles. The molecule has 1 aliphatic rings. The second-order valence-corrected chi connectivity index (χ2v) is 6.83. The summed E-state index contributed by atoms with van der Waals surface area (Å²) in [5.74, 6) is -0.786. The van der Waals surface area contributed by atoms with E-state index < -0.39 is 16.0 Å². The van der Waals surface area contributed by atoms with E-state index >= 15 is 0 Å². The van der Waals surface area contributed by atoms with Gasteiger partial charge in [-0.3, -0.25) is 5.10 Å². The lowest BCUT2D eigenvalue weighted by atomic mass is 9.85. The number of rotatable bonds is 5. The molecule has 20 heavy (non-hydrogen) atoms. The second-order valence-electron chi connectivity index (χ2n) is 5.18. The Kier molecular flexibility index (Phi) is 4.44. The van der Waals surface area contributed by atoms with Gasteiger partial charge in [0.25, 0.3) is 10.0 Å². The van der Waals surface area contributed by atoms with Crippen molar-refractivity contribution in [3.8, 4) is 0 Å². The number of H-pyrrole nitrogens is 1. The number of carbonyl (C=O) groups is 1. The molecular weight excluding hydrogens is 282 g/mol. The van der Waals surface area contributed by atoms with E-state index in [9.17, 15) is 13.2 Å². The van der Waals surface area contributed by atoms with Crippen LogP contribution in [0.15, 0.2) is 11.2 Å². The minimum atomic E-state index is -3.87. The topological polar surface area (TPSA) is 112 Å². The Hall–Kier alpha value is -1.41. The summed E-state index contributed by atoms with van der Waals surface area (Å²) in [6.45, 7) is 2.10. The summed E-state index contributed by atoms with van der Waals surface area (Å²) in [5.41, 5.74) is -0.333. The number of carboxylic acids is 1. The highest BCUT2D eigenvalue weighted by Gasteiger charge is 2.29. The second kappa shape index (κ2) is 5.92. The summed E-state index contributed by atoms with van der Waals surface area (Å²) in [7, 11) is -3.87. The first kappa shape index (κ1) is 15.0. The molecule has 0 bridgehead atoms. The minimum Gasteiger partial charge on any atom is -0.478 e. The van der Waals surface area contributed by atoms with Crippen molar-refractivity contribution in [1.29, 1.82) is 0 Å². The fourth-order valence-corrected chi connectivity index (χ4v) is 4.05. The summed E-state index contributed by atoms with van der Waals surface area (Å²) in [5, 5.41) is 14.3. The fraction of sp³-hybridized carbons (Fsp3) is 0.667. The van der Waals surface area contributed by atoms with E-state index in [4.69, 9.17) is 5.11 Å². The summed E-state index contributed by atoms with van der Waals surface area (Å²) in [6, 6.07) is -0.136. The van der Waals surface area contributed by atoms with Crippen molar-refractivity contribution >= 4 is 16.0 Å². The molecule has 0 amide bonds. The highest BCUT2D eigenvalue weighted by Crippen LogP contribution is 2.27. The molecule has 1 heterocycles. The number of hydrogen-bond acceptors (Lipinski definition) is 4. The molecule has 0 aromatic carbocycles. The molecule has 0 saturated heterocycles. The lowest BCUT2D eigenvalue weighted by molar-refractivity contribution is 0.0692. The molecule has 2 unspecified atom stereocenters. The summed E-state index contributed by atoms with van der Waals surface area (Å²) >= 11 is 0. The van der Waals surface area contributed by atoms with Crippen LogP contribution in [0.4, 0.5) is 0 Å². The number of nitrogens with zero attached hydrogens (tertiary/aromatic N) is 1. The van der Waals surface area contributed by atoms with Gasteiger partial charge in [0, 0.05) is 6.04 Å². The predicted octanol–water partition coefficient (Wildman–Crippen LogP) is 1.35. The molecule has 0 spiro atoms. The highest BCUT2D eigenvalue weighted by atomic mass is 32.2. The first-order valence-corrected chi connectivity index (χ1v) is 8.21. The van der Waals surface area contributed by atoms with E-state index in [1.165, 1.54) is 0 Å². The fourth-order valence-electron chi connectivity index (χ4n) is 2.68. The van der Waals surface area contributed by atoms with Crippen molar-refractivity contribution in [3.63, 3.8) is 0 Å². The van der Waals surface area contributed by atoms with E-state index in [1.807, 2.05) is 0 Å². The number of sulfonamides is 1. The Labute approximate surface area is 117 Å². The van der Waals surface area contributed by atoms with Gasteiger partial charge in [-0.05, 0) is 18.8 Å². The van der Waals surface area contributed by atoms with Crippen LogP contribution in [-0.2, 0) is 10.0 Å². The summed E-state index contributed by atoms with van der Waals surface area (Å²) < 4.78 is 27.1. The number of aromatic nitrogens is 2. The summed E-state index contributed by atoms with van der Waals surface area (Å²) in [4.78, 5) is 11.0. The molecule has 2 atom stereocenters. The van der Waals surface area contributed by atoms with Crippen LogP contribution in [0, 0.1) is 5.92 Å². The Morgan fingerprint density at radius 2 is 2.30 bits per heavy atom. The Balaban J connectivity index is 2.15. The third-order valence-electron chi connectivity index (χ3n) is 3.79. The lowest BCUT2D eigenvalue weighted by Crippen LogP contribution is -2.38. The van der Waals surface area contributed by atoms with Crippen LogP contribution in [0.5, 0.6) is 0 Å². The average Bonchev–Trinajstić information content (AvgIpc) is 2.88. The zero-order valence-corrected chi connectivity index (χ0v) is 12.1. The highest BCUT2D eigenvalue weighted by molar-refractivity contribution is 7.89. The van der Waals surface area contributed by atoms with Gasteiger partial charge in [-0.1, -0.05) is 26.2 Å². The number of aromatic carboxylic acids is 1. The molecule has 0 radical (unpaired) electrons. The molecule has 112 valence electrons. The van der Waals surface area contributed by atoms with Crippen molar-refractivity contribution in [3.05, 3.63) is 11.8 Å². The van der Waals surface area contributed by atoms with E-state index in [1.54, 1.807) is 0 Å². The van der Waals surface area contributed by atoms with Crippen molar-refractivity contribution in [2.75, 3.05) is 0 Å². The quantitative estimate of drug-likeness (QED) is 0.760. The zero-order chi connectivity index (χ0) is 14.8. The number of carboxylic acid groups (broad SMARTS) is 1. The Bertz CT molecular complexity index is 581. The van der Waals surface area contributed by atoms with Gasteiger partial charge in [0.15, 0.2) is 5.03 Å². The van der Waals surface area contributed by atoms with Crippen molar-refractivity contribution in [2.45, 2.75) is 50.1 Å². The molecule has 1 saturated carbocycles. The van der Waals surface area contributed by atoms with Crippen LogP contribution in [0.1, 0.15) is 49.4 Å². The third-order valence-corrected chi connectivity index (χ3v) is 5.28. The standard InChI is InChI=1S/C12H19N3O4S/c1-2-8-4-3-5-9(6-8)15-20(18,19)11-10(12(16)17)7-13-14-11/h7-9,15H,2-6H2,1H3,(H,13,14)(H,16,17). The largest absolute Gasteiger partial charge is 0.478 e. The van der Waals surface area contributed by atoms with Gasteiger partial charge in [-0.25, -0.2) is 17.9 Å². The van der Waals surface area contributed by atoms with Gasteiger partial charge in [0.2, 0.25) is 0 Å². The van der Waals surface area contributed by atoms with Crippen molar-refractivity contribution < 1.29 is 18.3 Å². The van der Waals surface area contributed by atoms with Crippen LogP contribution in [-0.4, -0.2) is 35.7 Å². The van der Waals surface area contributed by atoms with Gasteiger partial charge < -0.3 is 5.11 Å². The lowest BCUT2D eigenvalue weighted by Gasteiger charge is -2.28. The molecular formula is C12H19N3O4S. The molecule has 1 aliphatic carbocycles. The number of nitrogens with one attached hydrogen (secondary N) is 2. The van der Waals surface area contributed by atoms with E-state index in [-0.39, 0.29) is 16.6 Å². The van der Waals surface area contributed by atoms with Crippen LogP contribution in [0.3, 0.4) is 0 Å². The normalized spacial score (nSPS) is 23.6. The molecule has 8 heteroatoms. The smallest absolute Gasteiger partial charge is 0.340 e. The third kappa shape index (κ3) is 3.18. The first-order chi connectivity index (χ1) is 9.44. The molecule has 1 aromatic rings. The number of hydrogen-bond donors (Lipinski definition) is 3. The molecule has 1 fully saturated rings.